The predicted molar refractivity (Wildman–Crippen MR) is 124 cm³/mol. The van der Waals surface area contributed by atoms with Gasteiger partial charge in [-0.1, -0.05) is 55.7 Å². The molecule has 1 heterocycles. The number of aromatic nitrogens is 1. The zero-order chi connectivity index (χ0) is 22.3. The molecule has 172 valence electrons. The lowest BCUT2D eigenvalue weighted by Crippen LogP contribution is -2.14. The molecule has 0 saturated carbocycles. The van der Waals surface area contributed by atoms with E-state index in [-0.39, 0.29) is 12.5 Å². The van der Waals surface area contributed by atoms with Crippen LogP contribution in [0.5, 0.6) is 5.19 Å². The molecule has 0 bridgehead atoms. The molecule has 2 aromatic rings. The van der Waals surface area contributed by atoms with Crippen molar-refractivity contribution in [3.8, 4) is 15.6 Å². The summed E-state index contributed by atoms with van der Waals surface area (Å²) in [6, 6.07) is 6.49. The molecule has 1 aliphatic rings. The number of benzene rings is 1. The first kappa shape index (κ1) is 24.4. The average molecular weight is 469 g/mol. The molecule has 0 fully saturated rings. The number of nitrogens with zero attached hydrogens (tertiary/aromatic N) is 1. The van der Waals surface area contributed by atoms with E-state index in [0.29, 0.717) is 13.0 Å². The Balaban J connectivity index is 1.63. The van der Waals surface area contributed by atoms with Gasteiger partial charge in [-0.2, -0.15) is 0 Å². The second-order valence-corrected chi connectivity index (χ2v) is 10.2. The maximum atomic E-state index is 10.8. The van der Waals surface area contributed by atoms with E-state index < -0.39 is 7.82 Å². The highest BCUT2D eigenvalue weighted by Crippen LogP contribution is 2.41. The summed E-state index contributed by atoms with van der Waals surface area (Å²) in [5, 5.41) is 0.767. The Morgan fingerprint density at radius 1 is 1.19 bits per heavy atom. The largest absolute Gasteiger partial charge is 0.470 e. The first-order valence-electron chi connectivity index (χ1n) is 11.1. The lowest BCUT2D eigenvalue weighted by Gasteiger charge is -2.20. The molecule has 0 amide bonds. The minimum Gasteiger partial charge on any atom is -0.470 e. The van der Waals surface area contributed by atoms with Crippen LogP contribution in [0.25, 0.3) is 10.4 Å². The quantitative estimate of drug-likeness (QED) is 0.286. The summed E-state index contributed by atoms with van der Waals surface area (Å²) in [7, 11) is -4.41. The van der Waals surface area contributed by atoms with E-state index in [1.54, 1.807) is 11.3 Å². The number of ether oxygens (including phenoxy) is 1. The lowest BCUT2D eigenvalue weighted by atomic mass is 9.87. The molecule has 7 nitrogen and oxygen atoms in total. The number of hydrogen-bond donors (Lipinski definition) is 3. The predicted octanol–water partition coefficient (Wildman–Crippen LogP) is 4.80. The fraction of sp³-hybridized carbons (Fsp3) is 0.591. The average Bonchev–Trinajstić information content (AvgIpc) is 3.16. The Hall–Kier alpha value is -1.28. The van der Waals surface area contributed by atoms with Crippen molar-refractivity contribution in [1.29, 1.82) is 0 Å². The van der Waals surface area contributed by atoms with Gasteiger partial charge in [0.2, 0.25) is 0 Å². The second-order valence-electron chi connectivity index (χ2n) is 7.98. The molecule has 0 aliphatic heterocycles. The number of phosphoric acid groups is 1. The van der Waals surface area contributed by atoms with Crippen LogP contribution in [0, 0.1) is 0 Å². The Bertz CT molecular complexity index is 898. The standard InChI is InChI=1S/C22H33N2O5PS/c1-2-3-4-5-12-28-22-24-20-11-9-17-14-16(8-10-19(17)21(20)31-22)18(15-23)7-6-13-29-30(25,26)27/h8,10,14,18H,2-7,9,11-13,15,23H2,1H3,(H2,25,26,27)/t18-/m0/s1. The normalized spacial score (nSPS) is 14.2. The third-order valence-electron chi connectivity index (χ3n) is 5.62. The number of thiazole rings is 1. The molecule has 0 radical (unpaired) electrons. The third kappa shape index (κ3) is 7.11. The Morgan fingerprint density at radius 3 is 2.77 bits per heavy atom. The van der Waals surface area contributed by atoms with E-state index in [0.717, 1.165) is 48.7 Å². The molecule has 0 saturated heterocycles. The van der Waals surface area contributed by atoms with Crippen molar-refractivity contribution in [1.82, 2.24) is 4.98 Å². The van der Waals surface area contributed by atoms with Gasteiger partial charge in [-0.25, -0.2) is 9.55 Å². The first-order valence-corrected chi connectivity index (χ1v) is 13.4. The maximum absolute atomic E-state index is 10.8. The highest BCUT2D eigenvalue weighted by atomic mass is 32.1. The summed E-state index contributed by atoms with van der Waals surface area (Å²) in [5.41, 5.74) is 10.8. The Morgan fingerprint density at radius 2 is 2.03 bits per heavy atom. The molecule has 1 aliphatic carbocycles. The maximum Gasteiger partial charge on any atom is 0.469 e. The van der Waals surface area contributed by atoms with Gasteiger partial charge in [-0.3, -0.25) is 4.52 Å². The summed E-state index contributed by atoms with van der Waals surface area (Å²) in [6.07, 6.45) is 7.83. The van der Waals surface area contributed by atoms with Crippen LogP contribution in [-0.2, 0) is 21.9 Å². The van der Waals surface area contributed by atoms with Crippen molar-refractivity contribution in [2.75, 3.05) is 19.8 Å². The molecule has 9 heteroatoms. The van der Waals surface area contributed by atoms with E-state index in [2.05, 4.69) is 29.6 Å². The number of phosphoric ester groups is 1. The molecule has 0 unspecified atom stereocenters. The number of unbranched alkanes of at least 4 members (excludes halogenated alkanes) is 3. The van der Waals surface area contributed by atoms with Gasteiger partial charge in [-0.15, -0.1) is 0 Å². The van der Waals surface area contributed by atoms with Crippen LogP contribution in [0.2, 0.25) is 0 Å². The number of nitrogens with two attached hydrogens (primary N) is 1. The van der Waals surface area contributed by atoms with Crippen LogP contribution in [0.15, 0.2) is 18.2 Å². The highest BCUT2D eigenvalue weighted by Gasteiger charge is 2.23. The number of hydrogen-bond acceptors (Lipinski definition) is 6. The number of fused-ring (bicyclic) bond motifs is 3. The van der Waals surface area contributed by atoms with Crippen LogP contribution in [-0.4, -0.2) is 34.5 Å². The summed E-state index contributed by atoms with van der Waals surface area (Å²) in [5.74, 6) is 0.135. The van der Waals surface area contributed by atoms with Crippen molar-refractivity contribution in [3.63, 3.8) is 0 Å². The van der Waals surface area contributed by atoms with Gasteiger partial charge in [0.15, 0.2) is 0 Å². The number of aryl methyl sites for hydroxylation is 2. The molecule has 0 spiro atoms. The van der Waals surface area contributed by atoms with E-state index in [1.165, 1.54) is 35.3 Å². The fourth-order valence-corrected chi connectivity index (χ4v) is 5.36. The molecular formula is C22H33N2O5PS. The molecule has 1 aromatic carbocycles. The van der Waals surface area contributed by atoms with Gasteiger partial charge in [0.05, 0.1) is 23.8 Å². The summed E-state index contributed by atoms with van der Waals surface area (Å²) in [6.45, 7) is 3.44. The van der Waals surface area contributed by atoms with Crippen molar-refractivity contribution in [2.24, 2.45) is 5.73 Å². The van der Waals surface area contributed by atoms with Crippen molar-refractivity contribution >= 4 is 19.2 Å². The zero-order valence-electron chi connectivity index (χ0n) is 18.1. The fourth-order valence-electron chi connectivity index (χ4n) is 3.94. The summed E-state index contributed by atoms with van der Waals surface area (Å²) >= 11 is 1.63. The van der Waals surface area contributed by atoms with Gasteiger partial charge in [0, 0.05) is 0 Å². The minimum absolute atomic E-state index is 0.0250. The molecule has 1 atom stereocenters. The first-order chi connectivity index (χ1) is 14.9. The van der Waals surface area contributed by atoms with Gasteiger partial charge >= 0.3 is 7.82 Å². The Kier molecular flexibility index (Phi) is 9.07. The van der Waals surface area contributed by atoms with Gasteiger partial charge in [0.25, 0.3) is 5.19 Å². The number of rotatable bonds is 13. The van der Waals surface area contributed by atoms with Gasteiger partial charge in [-0.05, 0) is 61.3 Å². The van der Waals surface area contributed by atoms with E-state index in [4.69, 9.17) is 25.2 Å². The van der Waals surface area contributed by atoms with Gasteiger partial charge in [0.1, 0.15) is 0 Å². The van der Waals surface area contributed by atoms with Gasteiger partial charge < -0.3 is 20.3 Å². The van der Waals surface area contributed by atoms with E-state index in [9.17, 15) is 4.57 Å². The highest BCUT2D eigenvalue weighted by molar-refractivity contribution is 7.46. The van der Waals surface area contributed by atoms with Crippen molar-refractivity contribution in [2.45, 2.75) is 64.2 Å². The summed E-state index contributed by atoms with van der Waals surface area (Å²) < 4.78 is 21.3. The lowest BCUT2D eigenvalue weighted by molar-refractivity contribution is 0.192. The van der Waals surface area contributed by atoms with E-state index in [1.807, 2.05) is 0 Å². The third-order valence-corrected chi connectivity index (χ3v) is 7.18. The zero-order valence-corrected chi connectivity index (χ0v) is 19.8. The topological polar surface area (TPSA) is 115 Å². The summed E-state index contributed by atoms with van der Waals surface area (Å²) in [4.78, 5) is 23.5. The van der Waals surface area contributed by atoms with Crippen molar-refractivity contribution in [3.05, 3.63) is 35.0 Å². The molecule has 4 N–H and O–H groups in total. The second kappa shape index (κ2) is 11.5. The van der Waals surface area contributed by atoms with Crippen LogP contribution < -0.4 is 10.5 Å². The van der Waals surface area contributed by atoms with Crippen molar-refractivity contribution < 1.29 is 23.6 Å². The van der Waals surface area contributed by atoms with Crippen LogP contribution in [0.1, 0.15) is 68.2 Å². The molecule has 31 heavy (non-hydrogen) atoms. The van der Waals surface area contributed by atoms with Crippen LogP contribution in [0.3, 0.4) is 0 Å². The smallest absolute Gasteiger partial charge is 0.469 e. The van der Waals surface area contributed by atoms with Crippen LogP contribution in [0.4, 0.5) is 0 Å². The monoisotopic (exact) mass is 468 g/mol. The molecule has 3 rings (SSSR count). The van der Waals surface area contributed by atoms with Crippen LogP contribution >= 0.6 is 19.2 Å². The molecular weight excluding hydrogens is 435 g/mol. The van der Waals surface area contributed by atoms with E-state index >= 15 is 0 Å². The molecule has 1 aromatic heterocycles. The SMILES string of the molecule is CCCCCCOc1nc2c(s1)-c1ccc([C@H](CN)CCCOP(=O)(O)O)cc1CC2. The minimum atomic E-state index is -4.41. The Labute approximate surface area is 188 Å².